The molecule has 1 unspecified atom stereocenters. The maximum atomic E-state index is 11.6. The van der Waals surface area contributed by atoms with E-state index in [2.05, 4.69) is 288 Å². The zero-order valence-corrected chi connectivity index (χ0v) is 75.9. The molecule has 8 aromatic carbocycles. The second kappa shape index (κ2) is 37.9. The Kier molecular flexibility index (Phi) is 23.7. The highest BCUT2D eigenvalue weighted by Crippen LogP contribution is 2.41. The van der Waals surface area contributed by atoms with E-state index in [1.165, 1.54) is 45.3 Å². The Morgan fingerprint density at radius 3 is 0.849 bits per heavy atom. The number of benzene rings is 8. The number of anilines is 4. The van der Waals surface area contributed by atoms with Crippen molar-refractivity contribution in [3.63, 3.8) is 0 Å². The first-order valence-electron chi connectivity index (χ1n) is 44.6. The number of imidazole rings is 1. The third-order valence-electron chi connectivity index (χ3n) is 24.6. The van der Waals surface area contributed by atoms with Gasteiger partial charge in [-0.25, -0.2) is 20.3 Å². The smallest absolute Gasteiger partial charge is 0.264 e. The van der Waals surface area contributed by atoms with Crippen LogP contribution in [-0.4, -0.2) is 123 Å². The molecule has 16 aromatic heterocycles. The van der Waals surface area contributed by atoms with Gasteiger partial charge in [0.15, 0.2) is 0 Å². The summed E-state index contributed by atoms with van der Waals surface area (Å²) < 4.78 is 12.3. The number of rotatable bonds is 20. The third kappa shape index (κ3) is 18.3. The van der Waals surface area contributed by atoms with E-state index in [1.807, 2.05) is 125 Å². The number of nitrogens with zero attached hydrogens (tertiary/aromatic N) is 22. The van der Waals surface area contributed by atoms with Crippen LogP contribution >= 0.6 is 0 Å². The first kappa shape index (κ1) is 86.7. The lowest BCUT2D eigenvalue weighted by Crippen LogP contribution is -2.17. The lowest BCUT2D eigenvalue weighted by molar-refractivity contribution is 0.743. The molecule has 32 nitrogen and oxygen atoms in total. The molecule has 4 atom stereocenters. The summed E-state index contributed by atoms with van der Waals surface area (Å²) in [7, 11) is 12.1. The topological polar surface area (TPSA) is 383 Å². The van der Waals surface area contributed by atoms with E-state index in [1.54, 1.807) is 110 Å². The number of aromatic amines is 3. The molecular formula is C107H87N29O3. The maximum Gasteiger partial charge on any atom is 0.264 e. The Hall–Kier alpha value is -19.0. The van der Waals surface area contributed by atoms with Crippen LogP contribution in [0.15, 0.2) is 369 Å². The normalized spacial score (nSPS) is 12.2. The van der Waals surface area contributed by atoms with Crippen LogP contribution in [0.1, 0.15) is 69.3 Å². The van der Waals surface area contributed by atoms with Crippen molar-refractivity contribution in [2.75, 3.05) is 21.3 Å². The molecule has 0 aliphatic rings. The summed E-state index contributed by atoms with van der Waals surface area (Å²) in [6.07, 6.45) is 40.1. The van der Waals surface area contributed by atoms with E-state index in [0.717, 1.165) is 156 Å². The summed E-state index contributed by atoms with van der Waals surface area (Å²) in [4.78, 5) is 89.2. The number of hydrogen-bond acceptors (Lipinski definition) is 23. The number of aryl methyl sites for hydroxylation is 6. The third-order valence-corrected chi connectivity index (χ3v) is 24.6. The molecule has 32 heteroatoms. The van der Waals surface area contributed by atoms with Gasteiger partial charge in [-0.05, 0) is 194 Å². The Labute approximate surface area is 792 Å². The minimum Gasteiger partial charge on any atom is -0.373 e. The average Bonchev–Trinajstić information content (AvgIpc) is 1.68. The number of H-pyrrole nitrogens is 3. The summed E-state index contributed by atoms with van der Waals surface area (Å²) in [6.45, 7) is 0. The van der Waals surface area contributed by atoms with Gasteiger partial charge in [-0.2, -0.15) is 20.4 Å². The van der Waals surface area contributed by atoms with Gasteiger partial charge >= 0.3 is 0 Å². The van der Waals surface area contributed by atoms with Crippen molar-refractivity contribution in [2.24, 2.45) is 42.3 Å². The standard InChI is InChI=1S/3C27H21N7O.C26H24N8/c3*1-34-12-8-17-4-5-18(13-24(17)34)21-14-20(15-23-27(21)30-11-10-29-23)31-26(19-3-2-9-28-16-19)22-6-7-25(35)33-32-22;1-32-10-6-17-4-5-18(12-23(17)32)21-13-20(14-22-25(21)28-8-7-27-22)31-24(19-15-30-34(3)16-19)26-29-9-11-33(26)2/h3*2-16,26,31H,1H3,(H,33,35);4-16,24,31H,1-3H3/t2*26-;;24-/m10.0/s1. The van der Waals surface area contributed by atoms with Crippen LogP contribution < -0.4 is 37.9 Å². The van der Waals surface area contributed by atoms with Gasteiger partial charge in [-0.1, -0.05) is 66.7 Å². The molecule has 0 amide bonds. The van der Waals surface area contributed by atoms with Gasteiger partial charge < -0.3 is 44.1 Å². The fourth-order valence-corrected chi connectivity index (χ4v) is 17.6. The van der Waals surface area contributed by atoms with Gasteiger partial charge in [0.05, 0.1) is 85.5 Å². The summed E-state index contributed by atoms with van der Waals surface area (Å²) in [5.74, 6) is 0.902. The van der Waals surface area contributed by atoms with Crippen LogP contribution in [-0.2, 0) is 42.3 Å². The highest BCUT2D eigenvalue weighted by atomic mass is 16.1. The molecule has 16 heterocycles. The van der Waals surface area contributed by atoms with Gasteiger partial charge in [-0.3, -0.25) is 73.9 Å². The maximum absolute atomic E-state index is 11.6. The van der Waals surface area contributed by atoms with Gasteiger partial charge in [0, 0.05) is 263 Å². The van der Waals surface area contributed by atoms with Crippen molar-refractivity contribution < 1.29 is 0 Å². The van der Waals surface area contributed by atoms with Crippen molar-refractivity contribution in [1.29, 1.82) is 0 Å². The van der Waals surface area contributed by atoms with Crippen molar-refractivity contribution in [1.82, 2.24) is 123 Å². The largest absolute Gasteiger partial charge is 0.373 e. The number of aromatic nitrogens is 25. The predicted octanol–water partition coefficient (Wildman–Crippen LogP) is 17.9. The number of pyridine rings is 3. The van der Waals surface area contributed by atoms with E-state index in [4.69, 9.17) is 0 Å². The van der Waals surface area contributed by atoms with Crippen molar-refractivity contribution in [2.45, 2.75) is 24.2 Å². The van der Waals surface area contributed by atoms with Crippen LogP contribution in [0.3, 0.4) is 0 Å². The summed E-state index contributed by atoms with van der Waals surface area (Å²) >= 11 is 0. The molecule has 0 fully saturated rings. The Bertz CT molecular complexity index is 8170. The zero-order chi connectivity index (χ0) is 94.6. The Morgan fingerprint density at radius 2 is 0.583 bits per heavy atom. The zero-order valence-electron chi connectivity index (χ0n) is 75.9. The SMILES string of the molecule is Cn1cc([C@H](Nc2cc(-c3ccc4ccn(C)c4c3)c3nccnc3c2)c2nccn2C)cn1.Cn1ccc2ccc(-c3cc(NC(c4cccnc4)c4ccc(=O)[nH]n4)cc4nccnc34)cc21.Cn1ccc2ccc(-c3cc(N[C@@H](c4cccnc4)c4ccc(=O)[nH]n4)cc4nccnc34)cc21.Cn1ccc2ccc(-c3cc(N[C@H](c4cccnc4)c4ccc(=O)[nH]n4)cc4nccnc34)cc21. The fraction of sp³-hybridized carbons (Fsp3) is 0.0935. The molecule has 0 aliphatic heterocycles. The number of nitrogens with one attached hydrogen (secondary N) is 7. The van der Waals surface area contributed by atoms with Gasteiger partial charge in [0.2, 0.25) is 0 Å². The molecule has 0 aliphatic carbocycles. The van der Waals surface area contributed by atoms with E-state index in [-0.39, 0.29) is 40.8 Å². The molecule has 24 aromatic rings. The molecule has 0 bridgehead atoms. The first-order chi connectivity index (χ1) is 68.0. The molecule has 0 radical (unpaired) electrons. The minimum atomic E-state index is -0.335. The minimum absolute atomic E-state index is 0.175. The quantitative estimate of drug-likeness (QED) is 0.0373. The summed E-state index contributed by atoms with van der Waals surface area (Å²) in [5, 5.41) is 44.0. The molecule has 0 spiro atoms. The van der Waals surface area contributed by atoms with Crippen molar-refractivity contribution in [3.8, 4) is 44.5 Å². The fourth-order valence-electron chi connectivity index (χ4n) is 17.6. The van der Waals surface area contributed by atoms with Gasteiger partial charge in [0.25, 0.3) is 16.7 Å². The van der Waals surface area contributed by atoms with Crippen LogP contribution in [0.4, 0.5) is 22.7 Å². The summed E-state index contributed by atoms with van der Waals surface area (Å²) in [6, 6.07) is 70.4. The second-order valence-corrected chi connectivity index (χ2v) is 33.6. The monoisotopic (exact) mass is 1830 g/mol. The first-order valence-corrected chi connectivity index (χ1v) is 44.6. The van der Waals surface area contributed by atoms with E-state index in [9.17, 15) is 14.4 Å². The van der Waals surface area contributed by atoms with Crippen LogP contribution in [0.5, 0.6) is 0 Å². The van der Waals surface area contributed by atoms with E-state index < -0.39 is 0 Å². The van der Waals surface area contributed by atoms with E-state index in [0.29, 0.717) is 17.1 Å². The van der Waals surface area contributed by atoms with Crippen LogP contribution in [0.25, 0.3) is 132 Å². The molecule has 678 valence electrons. The molecule has 139 heavy (non-hydrogen) atoms. The second-order valence-electron chi connectivity index (χ2n) is 33.6. The molecular weight excluding hydrogens is 1740 g/mol. The summed E-state index contributed by atoms with van der Waals surface area (Å²) in [5.41, 5.74) is 27.8. The Morgan fingerprint density at radius 1 is 0.273 bits per heavy atom. The van der Waals surface area contributed by atoms with Crippen molar-refractivity contribution in [3.05, 3.63) is 431 Å². The molecule has 24 rings (SSSR count). The van der Waals surface area contributed by atoms with Gasteiger partial charge in [-0.15, -0.1) is 0 Å². The predicted molar refractivity (Wildman–Crippen MR) is 541 cm³/mol. The van der Waals surface area contributed by atoms with Gasteiger partial charge in [0.1, 0.15) is 11.9 Å². The number of hydrogen-bond donors (Lipinski definition) is 7. The lowest BCUT2D eigenvalue weighted by Gasteiger charge is -2.20. The van der Waals surface area contributed by atoms with E-state index >= 15 is 0 Å². The van der Waals surface area contributed by atoms with Crippen LogP contribution in [0, 0.1) is 0 Å². The highest BCUT2D eigenvalue weighted by Gasteiger charge is 2.26. The average molecular weight is 1830 g/mol. The number of fused-ring (bicyclic) bond motifs is 8. The molecule has 0 saturated carbocycles. The lowest BCUT2D eigenvalue weighted by atomic mass is 10.00. The molecule has 7 N–H and O–H groups in total. The Balaban J connectivity index is 0.000000110. The molecule has 0 saturated heterocycles. The highest BCUT2D eigenvalue weighted by molar-refractivity contribution is 6.02. The van der Waals surface area contributed by atoms with Crippen LogP contribution in [0.2, 0.25) is 0 Å². The van der Waals surface area contributed by atoms with Crippen molar-refractivity contribution >= 4 is 110 Å².